The van der Waals surface area contributed by atoms with Crippen LogP contribution in [0.15, 0.2) is 24.8 Å². The van der Waals surface area contributed by atoms with Crippen LogP contribution in [0.5, 0.6) is 0 Å². The summed E-state index contributed by atoms with van der Waals surface area (Å²) in [5, 5.41) is 0. The fourth-order valence-corrected chi connectivity index (χ4v) is 1.80. The van der Waals surface area contributed by atoms with Gasteiger partial charge < -0.3 is 9.64 Å². The van der Waals surface area contributed by atoms with Gasteiger partial charge >= 0.3 is 0 Å². The Morgan fingerprint density at radius 1 is 1.44 bits per heavy atom. The minimum atomic E-state index is 0.417. The molecule has 0 unspecified atom stereocenters. The second-order valence-electron chi connectivity index (χ2n) is 4.27. The molecule has 0 N–H and O–H groups in total. The van der Waals surface area contributed by atoms with E-state index in [1.807, 2.05) is 20.2 Å². The van der Waals surface area contributed by atoms with E-state index >= 15 is 0 Å². The fraction of sp³-hybridized carbons (Fsp3) is 0.429. The van der Waals surface area contributed by atoms with Gasteiger partial charge in [-0.25, -0.2) is 0 Å². The zero-order chi connectivity index (χ0) is 12.1. The molecule has 1 rings (SSSR count). The number of hydrogen-bond donors (Lipinski definition) is 0. The molecule has 0 aromatic heterocycles. The summed E-state index contributed by atoms with van der Waals surface area (Å²) in [6, 6.07) is 6.48. The molecule has 0 heterocycles. The van der Waals surface area contributed by atoms with Crippen molar-refractivity contribution in [3.05, 3.63) is 35.9 Å². The summed E-state index contributed by atoms with van der Waals surface area (Å²) in [4.78, 5) is 2.10. The molecule has 0 aliphatic carbocycles. The van der Waals surface area contributed by atoms with E-state index < -0.39 is 0 Å². The Hall–Kier alpha value is -1.28. The van der Waals surface area contributed by atoms with E-state index in [9.17, 15) is 0 Å². The molecule has 2 nitrogen and oxygen atoms in total. The molecular formula is C14H21NO. The number of nitrogens with zero attached hydrogens (tertiary/aromatic N) is 1. The van der Waals surface area contributed by atoms with Crippen molar-refractivity contribution in [2.45, 2.75) is 12.8 Å². The van der Waals surface area contributed by atoms with Crippen LogP contribution >= 0.6 is 0 Å². The lowest BCUT2D eigenvalue weighted by Gasteiger charge is -2.18. The van der Waals surface area contributed by atoms with Gasteiger partial charge in [0.2, 0.25) is 0 Å². The summed E-state index contributed by atoms with van der Waals surface area (Å²) in [5.41, 5.74) is 3.66. The summed E-state index contributed by atoms with van der Waals surface area (Å²) >= 11 is 0. The predicted octanol–water partition coefficient (Wildman–Crippen LogP) is 3.15. The number of anilines is 1. The van der Waals surface area contributed by atoms with E-state index in [0.29, 0.717) is 5.92 Å². The summed E-state index contributed by atoms with van der Waals surface area (Å²) in [7, 11) is 5.82. The first kappa shape index (κ1) is 12.8. The van der Waals surface area contributed by atoms with Gasteiger partial charge in [0.15, 0.2) is 0 Å². The minimum Gasteiger partial charge on any atom is -0.384 e. The zero-order valence-corrected chi connectivity index (χ0v) is 10.7. The van der Waals surface area contributed by atoms with Gasteiger partial charge in [-0.1, -0.05) is 25.6 Å². The monoisotopic (exact) mass is 219 g/mol. The fourth-order valence-electron chi connectivity index (χ4n) is 1.80. The van der Waals surface area contributed by atoms with Gasteiger partial charge in [0.1, 0.15) is 0 Å². The molecule has 1 aromatic rings. The maximum Gasteiger partial charge on any atom is 0.0528 e. The van der Waals surface area contributed by atoms with Crippen LogP contribution in [0.4, 0.5) is 5.69 Å². The number of ether oxygens (including phenoxy) is 1. The summed E-state index contributed by atoms with van der Waals surface area (Å²) in [6.07, 6.45) is 1.90. The van der Waals surface area contributed by atoms with Crippen LogP contribution in [0.1, 0.15) is 24.0 Å². The van der Waals surface area contributed by atoms with Gasteiger partial charge in [-0.2, -0.15) is 0 Å². The van der Waals surface area contributed by atoms with Crippen LogP contribution in [0.3, 0.4) is 0 Å². The van der Waals surface area contributed by atoms with Crippen LogP contribution < -0.4 is 4.90 Å². The Balaban J connectivity index is 3.03. The Morgan fingerprint density at radius 2 is 2.12 bits per heavy atom. The van der Waals surface area contributed by atoms with E-state index in [1.54, 1.807) is 7.11 Å². The van der Waals surface area contributed by atoms with Crippen molar-refractivity contribution < 1.29 is 4.74 Å². The average Bonchev–Trinajstić information content (AvgIpc) is 2.28. The molecular weight excluding hydrogens is 198 g/mol. The molecule has 0 saturated heterocycles. The van der Waals surface area contributed by atoms with Crippen LogP contribution in [-0.2, 0) is 4.74 Å². The normalized spacial score (nSPS) is 12.2. The number of rotatable bonds is 5. The first-order valence-corrected chi connectivity index (χ1v) is 5.52. The molecule has 1 aromatic carbocycles. The van der Waals surface area contributed by atoms with Crippen LogP contribution in [-0.4, -0.2) is 27.8 Å². The third-order valence-corrected chi connectivity index (χ3v) is 2.74. The first-order chi connectivity index (χ1) is 7.60. The van der Waals surface area contributed by atoms with Crippen molar-refractivity contribution in [1.29, 1.82) is 0 Å². The van der Waals surface area contributed by atoms with Crippen molar-refractivity contribution in [1.82, 2.24) is 0 Å². The number of hydrogen-bond acceptors (Lipinski definition) is 2. The van der Waals surface area contributed by atoms with E-state index in [2.05, 4.69) is 36.6 Å². The molecule has 0 fully saturated rings. The Bertz CT molecular complexity index is 358. The minimum absolute atomic E-state index is 0.417. The zero-order valence-electron chi connectivity index (χ0n) is 10.7. The maximum absolute atomic E-state index is 5.17. The highest BCUT2D eigenvalue weighted by Crippen LogP contribution is 2.25. The molecule has 0 aliphatic rings. The number of methoxy groups -OCH3 is 1. The predicted molar refractivity (Wildman–Crippen MR) is 71.2 cm³/mol. The van der Waals surface area contributed by atoms with Crippen molar-refractivity contribution in [3.63, 3.8) is 0 Å². The van der Waals surface area contributed by atoms with E-state index in [-0.39, 0.29) is 0 Å². The third-order valence-electron chi connectivity index (χ3n) is 2.74. The molecule has 0 aliphatic heterocycles. The van der Waals surface area contributed by atoms with Gasteiger partial charge in [-0.05, 0) is 23.3 Å². The van der Waals surface area contributed by atoms with Gasteiger partial charge in [0.05, 0.1) is 6.61 Å². The molecule has 0 radical (unpaired) electrons. The number of benzene rings is 1. The highest BCUT2D eigenvalue weighted by atomic mass is 16.5. The van der Waals surface area contributed by atoms with E-state index in [4.69, 9.17) is 4.74 Å². The van der Waals surface area contributed by atoms with Gasteiger partial charge in [-0.15, -0.1) is 0 Å². The summed E-state index contributed by atoms with van der Waals surface area (Å²) in [5.74, 6) is 0.417. The molecule has 0 amide bonds. The second kappa shape index (κ2) is 5.71. The van der Waals surface area contributed by atoms with Crippen molar-refractivity contribution >= 4 is 11.8 Å². The average molecular weight is 219 g/mol. The molecule has 2 heteroatoms. The van der Waals surface area contributed by atoms with Crippen molar-refractivity contribution in [3.8, 4) is 0 Å². The van der Waals surface area contributed by atoms with Gasteiger partial charge in [-0.3, -0.25) is 0 Å². The molecule has 0 saturated carbocycles. The summed E-state index contributed by atoms with van der Waals surface area (Å²) in [6.45, 7) is 6.78. The molecule has 0 bridgehead atoms. The van der Waals surface area contributed by atoms with Crippen LogP contribution in [0.25, 0.3) is 6.08 Å². The molecule has 88 valence electrons. The molecule has 0 spiro atoms. The van der Waals surface area contributed by atoms with Crippen LogP contribution in [0.2, 0.25) is 0 Å². The van der Waals surface area contributed by atoms with E-state index in [1.165, 1.54) is 16.8 Å². The maximum atomic E-state index is 5.17. The molecule has 1 atom stereocenters. The van der Waals surface area contributed by atoms with Gasteiger partial charge in [0, 0.05) is 32.8 Å². The SMILES string of the molecule is C=Cc1cc([C@@H](C)COC)ccc1N(C)C. The lowest BCUT2D eigenvalue weighted by Crippen LogP contribution is -2.11. The molecule has 16 heavy (non-hydrogen) atoms. The lowest BCUT2D eigenvalue weighted by atomic mass is 9.98. The lowest BCUT2D eigenvalue weighted by molar-refractivity contribution is 0.184. The van der Waals surface area contributed by atoms with E-state index in [0.717, 1.165) is 6.61 Å². The third kappa shape index (κ3) is 2.86. The Labute approximate surface area is 98.5 Å². The topological polar surface area (TPSA) is 12.5 Å². The summed E-state index contributed by atoms with van der Waals surface area (Å²) < 4.78 is 5.17. The van der Waals surface area contributed by atoms with Gasteiger partial charge in [0.25, 0.3) is 0 Å². The highest BCUT2D eigenvalue weighted by molar-refractivity contribution is 5.67. The Morgan fingerprint density at radius 3 is 2.62 bits per heavy atom. The van der Waals surface area contributed by atoms with Crippen LogP contribution in [0, 0.1) is 0 Å². The van der Waals surface area contributed by atoms with Crippen molar-refractivity contribution in [2.24, 2.45) is 0 Å². The Kier molecular flexibility index (Phi) is 4.56. The largest absolute Gasteiger partial charge is 0.384 e. The quantitative estimate of drug-likeness (QED) is 0.754. The smallest absolute Gasteiger partial charge is 0.0528 e. The second-order valence-corrected chi connectivity index (χ2v) is 4.27. The highest BCUT2D eigenvalue weighted by Gasteiger charge is 2.08. The van der Waals surface area contributed by atoms with Crippen molar-refractivity contribution in [2.75, 3.05) is 32.7 Å². The first-order valence-electron chi connectivity index (χ1n) is 5.52. The standard InChI is InChI=1S/C14H21NO/c1-6-12-9-13(11(2)10-16-5)7-8-14(12)15(3)4/h6-9,11H,1,10H2,2-5H3/t11-/m0/s1.